The van der Waals surface area contributed by atoms with E-state index in [0.717, 1.165) is 25.6 Å². The normalized spacial score (nSPS) is 15.6. The van der Waals surface area contributed by atoms with Crippen molar-refractivity contribution in [1.82, 2.24) is 4.90 Å². The number of hydrogen-bond acceptors (Lipinski definition) is 3. The maximum absolute atomic E-state index is 7.27. The molecule has 2 rings (SSSR count). The van der Waals surface area contributed by atoms with Gasteiger partial charge in [0.15, 0.2) is 0 Å². The second-order valence-corrected chi connectivity index (χ2v) is 5.40. The highest BCUT2D eigenvalue weighted by atomic mass is 32.1. The van der Waals surface area contributed by atoms with Crippen LogP contribution in [0, 0.1) is 5.41 Å². The Balaban J connectivity index is 1.76. The van der Waals surface area contributed by atoms with E-state index in [4.69, 9.17) is 11.1 Å². The van der Waals surface area contributed by atoms with Crippen molar-refractivity contribution in [3.63, 3.8) is 0 Å². The highest BCUT2D eigenvalue weighted by Crippen LogP contribution is 2.27. The Morgan fingerprint density at radius 2 is 2.31 bits per heavy atom. The van der Waals surface area contributed by atoms with Crippen LogP contribution in [0.15, 0.2) is 17.5 Å². The van der Waals surface area contributed by atoms with Crippen molar-refractivity contribution < 1.29 is 0 Å². The lowest BCUT2D eigenvalue weighted by molar-refractivity contribution is 0.275. The molecule has 0 saturated heterocycles. The van der Waals surface area contributed by atoms with Gasteiger partial charge in [0, 0.05) is 30.4 Å². The Morgan fingerprint density at radius 1 is 1.50 bits per heavy atom. The molecular formula is C12H19N3S. The first-order chi connectivity index (χ1) is 7.75. The largest absolute Gasteiger partial charge is 0.388 e. The standard InChI is InChI=1S/C12H19N3S/c13-12(14)6-8-15(10-3-4-10)7-5-11-2-1-9-16-11/h1-2,9-10H,3-8H2,(H3,13,14). The highest BCUT2D eigenvalue weighted by Gasteiger charge is 2.28. The molecule has 1 aromatic rings. The third-order valence-electron chi connectivity index (χ3n) is 2.96. The van der Waals surface area contributed by atoms with Gasteiger partial charge in [0.25, 0.3) is 0 Å². The zero-order chi connectivity index (χ0) is 11.4. The van der Waals surface area contributed by atoms with Crippen LogP contribution in [0.5, 0.6) is 0 Å². The van der Waals surface area contributed by atoms with Crippen molar-refractivity contribution >= 4 is 17.2 Å². The van der Waals surface area contributed by atoms with E-state index in [0.29, 0.717) is 12.3 Å². The van der Waals surface area contributed by atoms with Crippen molar-refractivity contribution in [1.29, 1.82) is 5.41 Å². The number of hydrogen-bond donors (Lipinski definition) is 2. The lowest BCUT2D eigenvalue weighted by Crippen LogP contribution is -2.31. The van der Waals surface area contributed by atoms with E-state index >= 15 is 0 Å². The number of amidine groups is 1. The summed E-state index contributed by atoms with van der Waals surface area (Å²) in [5, 5.41) is 9.40. The second-order valence-electron chi connectivity index (χ2n) is 4.37. The summed E-state index contributed by atoms with van der Waals surface area (Å²) in [5.74, 6) is 0.307. The molecule has 88 valence electrons. The van der Waals surface area contributed by atoms with Gasteiger partial charge >= 0.3 is 0 Å². The number of nitrogens with one attached hydrogen (secondary N) is 1. The van der Waals surface area contributed by atoms with E-state index in [1.165, 1.54) is 17.7 Å². The number of rotatable bonds is 7. The Morgan fingerprint density at radius 3 is 2.88 bits per heavy atom. The smallest absolute Gasteiger partial charge is 0.0918 e. The molecule has 0 radical (unpaired) electrons. The predicted molar refractivity (Wildman–Crippen MR) is 69.1 cm³/mol. The average molecular weight is 237 g/mol. The fraction of sp³-hybridized carbons (Fsp3) is 0.583. The van der Waals surface area contributed by atoms with Gasteiger partial charge in [0.2, 0.25) is 0 Å². The minimum absolute atomic E-state index is 0.307. The quantitative estimate of drug-likeness (QED) is 0.563. The van der Waals surface area contributed by atoms with Crippen LogP contribution in [-0.4, -0.2) is 29.9 Å². The van der Waals surface area contributed by atoms with Crippen molar-refractivity contribution in [2.24, 2.45) is 5.73 Å². The summed E-state index contributed by atoms with van der Waals surface area (Å²) in [7, 11) is 0. The molecule has 0 unspecified atom stereocenters. The van der Waals surface area contributed by atoms with Crippen molar-refractivity contribution in [3.05, 3.63) is 22.4 Å². The van der Waals surface area contributed by atoms with Crippen LogP contribution in [0.3, 0.4) is 0 Å². The zero-order valence-electron chi connectivity index (χ0n) is 9.48. The Kier molecular flexibility index (Phi) is 3.96. The molecular weight excluding hydrogens is 218 g/mol. The predicted octanol–water partition coefficient (Wildman–Crippen LogP) is 2.08. The molecule has 3 nitrogen and oxygen atoms in total. The number of nitrogens with two attached hydrogens (primary N) is 1. The van der Waals surface area contributed by atoms with Gasteiger partial charge in [-0.3, -0.25) is 10.3 Å². The monoisotopic (exact) mass is 237 g/mol. The number of nitrogens with zero attached hydrogens (tertiary/aromatic N) is 1. The van der Waals surface area contributed by atoms with E-state index in [2.05, 4.69) is 22.4 Å². The van der Waals surface area contributed by atoms with Crippen LogP contribution in [0.4, 0.5) is 0 Å². The molecule has 0 bridgehead atoms. The van der Waals surface area contributed by atoms with Crippen molar-refractivity contribution in [3.8, 4) is 0 Å². The molecule has 1 aromatic heterocycles. The second kappa shape index (κ2) is 5.46. The third-order valence-corrected chi connectivity index (χ3v) is 3.89. The molecule has 16 heavy (non-hydrogen) atoms. The molecule has 0 spiro atoms. The summed E-state index contributed by atoms with van der Waals surface area (Å²) in [6, 6.07) is 5.07. The first-order valence-corrected chi connectivity index (χ1v) is 6.73. The Bertz CT molecular complexity index is 330. The van der Waals surface area contributed by atoms with Gasteiger partial charge in [-0.15, -0.1) is 11.3 Å². The summed E-state index contributed by atoms with van der Waals surface area (Å²) >= 11 is 1.83. The first kappa shape index (κ1) is 11.6. The maximum atomic E-state index is 7.27. The van der Waals surface area contributed by atoms with E-state index in [-0.39, 0.29) is 0 Å². The average Bonchev–Trinajstić information content (AvgIpc) is 2.95. The molecule has 1 saturated carbocycles. The van der Waals surface area contributed by atoms with Crippen molar-refractivity contribution in [2.75, 3.05) is 13.1 Å². The van der Waals surface area contributed by atoms with Gasteiger partial charge in [0.05, 0.1) is 5.84 Å². The minimum atomic E-state index is 0.307. The van der Waals surface area contributed by atoms with E-state index < -0.39 is 0 Å². The molecule has 0 aliphatic heterocycles. The first-order valence-electron chi connectivity index (χ1n) is 5.85. The van der Waals surface area contributed by atoms with E-state index in [9.17, 15) is 0 Å². The Hall–Kier alpha value is -0.870. The van der Waals surface area contributed by atoms with Crippen LogP contribution in [-0.2, 0) is 6.42 Å². The van der Waals surface area contributed by atoms with Gasteiger partial charge in [-0.1, -0.05) is 6.07 Å². The molecule has 0 amide bonds. The van der Waals surface area contributed by atoms with Crippen LogP contribution < -0.4 is 5.73 Å². The fourth-order valence-corrected chi connectivity index (χ4v) is 2.59. The molecule has 1 heterocycles. The van der Waals surface area contributed by atoms with Crippen LogP contribution in [0.2, 0.25) is 0 Å². The molecule has 4 heteroatoms. The maximum Gasteiger partial charge on any atom is 0.0918 e. The van der Waals surface area contributed by atoms with Gasteiger partial charge in [-0.05, 0) is 30.7 Å². The summed E-state index contributed by atoms with van der Waals surface area (Å²) in [6.45, 7) is 2.06. The lowest BCUT2D eigenvalue weighted by Gasteiger charge is -2.21. The molecule has 0 aromatic carbocycles. The summed E-state index contributed by atoms with van der Waals surface area (Å²) in [4.78, 5) is 3.94. The van der Waals surface area contributed by atoms with E-state index in [1.807, 2.05) is 11.3 Å². The third kappa shape index (κ3) is 3.61. The fourth-order valence-electron chi connectivity index (χ4n) is 1.89. The number of thiophene rings is 1. The molecule has 1 fully saturated rings. The highest BCUT2D eigenvalue weighted by molar-refractivity contribution is 7.09. The lowest BCUT2D eigenvalue weighted by atomic mass is 10.3. The SMILES string of the molecule is N=C(N)CCN(CCc1cccs1)C1CC1. The van der Waals surface area contributed by atoms with Crippen molar-refractivity contribution in [2.45, 2.75) is 31.7 Å². The zero-order valence-corrected chi connectivity index (χ0v) is 10.3. The Labute approximate surface area is 101 Å². The summed E-state index contributed by atoms with van der Waals surface area (Å²) < 4.78 is 0. The van der Waals surface area contributed by atoms with Crippen LogP contribution >= 0.6 is 11.3 Å². The van der Waals surface area contributed by atoms with Crippen LogP contribution in [0.1, 0.15) is 24.1 Å². The van der Waals surface area contributed by atoms with Gasteiger partial charge in [-0.2, -0.15) is 0 Å². The van der Waals surface area contributed by atoms with Crippen LogP contribution in [0.25, 0.3) is 0 Å². The molecule has 3 N–H and O–H groups in total. The molecule has 0 atom stereocenters. The minimum Gasteiger partial charge on any atom is -0.388 e. The summed E-state index contributed by atoms with van der Waals surface area (Å²) in [6.07, 6.45) is 4.48. The molecule has 1 aliphatic rings. The van der Waals surface area contributed by atoms with E-state index in [1.54, 1.807) is 0 Å². The van der Waals surface area contributed by atoms with Gasteiger partial charge in [-0.25, -0.2) is 0 Å². The topological polar surface area (TPSA) is 53.1 Å². The van der Waals surface area contributed by atoms with Gasteiger partial charge < -0.3 is 5.73 Å². The summed E-state index contributed by atoms with van der Waals surface area (Å²) in [5.41, 5.74) is 5.41. The van der Waals surface area contributed by atoms with Gasteiger partial charge in [0.1, 0.15) is 0 Å². The molecule has 1 aliphatic carbocycles.